The maximum atomic E-state index is 11.5. The molecule has 0 aromatic heterocycles. The van der Waals surface area contributed by atoms with Crippen LogP contribution >= 0.6 is 0 Å². The molecular weight excluding hydrogens is 236 g/mol. The number of allylic oxidation sites excluding steroid dienone is 1. The Morgan fingerprint density at radius 2 is 1.84 bits per heavy atom. The minimum absolute atomic E-state index is 0.0159. The first-order valence-corrected chi connectivity index (χ1v) is 6.80. The zero-order valence-corrected chi connectivity index (χ0v) is 11.8. The van der Waals surface area contributed by atoms with Gasteiger partial charge in [0.1, 0.15) is 0 Å². The van der Waals surface area contributed by atoms with E-state index in [4.69, 9.17) is 0 Å². The number of anilines is 1. The van der Waals surface area contributed by atoms with E-state index in [9.17, 15) is 4.79 Å². The monoisotopic (exact) mass is 258 g/mol. The third-order valence-electron chi connectivity index (χ3n) is 3.90. The minimum atomic E-state index is -0.0159. The molecule has 0 amide bonds. The molecule has 1 aliphatic rings. The average molecular weight is 258 g/mol. The average Bonchev–Trinajstić information content (AvgIpc) is 2.46. The Morgan fingerprint density at radius 3 is 2.32 bits per heavy atom. The molecule has 2 rings (SSSR count). The number of carbonyl (C=O) groups excluding carboxylic acids is 1. The molecule has 102 valence electrons. The van der Waals surface area contributed by atoms with Crippen molar-refractivity contribution >= 4 is 11.5 Å². The lowest BCUT2D eigenvalue weighted by molar-refractivity contribution is 0.104. The van der Waals surface area contributed by atoms with Gasteiger partial charge in [-0.1, -0.05) is 6.58 Å². The molecule has 1 saturated heterocycles. The van der Waals surface area contributed by atoms with E-state index in [-0.39, 0.29) is 5.78 Å². The molecular formula is C16H22N2O. The highest BCUT2D eigenvalue weighted by atomic mass is 16.1. The predicted octanol–water partition coefficient (Wildman–Crippen LogP) is 2.59. The molecule has 1 aromatic carbocycles. The van der Waals surface area contributed by atoms with Crippen LogP contribution in [0.5, 0.6) is 0 Å². The van der Waals surface area contributed by atoms with Gasteiger partial charge in [0.05, 0.1) is 0 Å². The maximum Gasteiger partial charge on any atom is 0.185 e. The van der Waals surface area contributed by atoms with Gasteiger partial charge in [0, 0.05) is 30.4 Å². The molecule has 1 heterocycles. The first-order valence-electron chi connectivity index (χ1n) is 6.80. The summed E-state index contributed by atoms with van der Waals surface area (Å²) in [5, 5.41) is 0. The molecule has 3 heteroatoms. The second-order valence-electron chi connectivity index (χ2n) is 5.30. The van der Waals surface area contributed by atoms with Gasteiger partial charge in [0.25, 0.3) is 0 Å². The lowest BCUT2D eigenvalue weighted by Gasteiger charge is -2.36. The van der Waals surface area contributed by atoms with Gasteiger partial charge in [-0.15, -0.1) is 0 Å². The molecule has 0 unspecified atom stereocenters. The number of rotatable bonds is 4. The Morgan fingerprint density at radius 1 is 1.26 bits per heavy atom. The van der Waals surface area contributed by atoms with Gasteiger partial charge in [-0.25, -0.2) is 0 Å². The summed E-state index contributed by atoms with van der Waals surface area (Å²) in [6.07, 6.45) is 3.75. The van der Waals surface area contributed by atoms with Crippen LogP contribution in [0.4, 0.5) is 5.69 Å². The van der Waals surface area contributed by atoms with Crippen molar-refractivity contribution in [1.82, 2.24) is 4.90 Å². The second-order valence-corrected chi connectivity index (χ2v) is 5.30. The van der Waals surface area contributed by atoms with Crippen molar-refractivity contribution in [3.05, 3.63) is 42.5 Å². The van der Waals surface area contributed by atoms with Crippen molar-refractivity contribution in [1.29, 1.82) is 0 Å². The number of ketones is 1. The Bertz CT molecular complexity index is 442. The van der Waals surface area contributed by atoms with Gasteiger partial charge in [-0.3, -0.25) is 4.79 Å². The molecule has 1 fully saturated rings. The summed E-state index contributed by atoms with van der Waals surface area (Å²) in [5.41, 5.74) is 1.92. The van der Waals surface area contributed by atoms with Crippen LogP contribution < -0.4 is 4.90 Å². The van der Waals surface area contributed by atoms with E-state index in [1.807, 2.05) is 24.3 Å². The molecule has 0 atom stereocenters. The molecule has 19 heavy (non-hydrogen) atoms. The molecule has 0 aliphatic carbocycles. The van der Waals surface area contributed by atoms with E-state index in [1.165, 1.54) is 24.6 Å². The Kier molecular flexibility index (Phi) is 4.38. The van der Waals surface area contributed by atoms with Crippen molar-refractivity contribution in [2.45, 2.75) is 18.9 Å². The van der Waals surface area contributed by atoms with Crippen LogP contribution in [-0.2, 0) is 0 Å². The highest BCUT2D eigenvalue weighted by Gasteiger charge is 2.20. The van der Waals surface area contributed by atoms with Crippen molar-refractivity contribution < 1.29 is 4.79 Å². The normalized spacial score (nSPS) is 16.7. The number of carbonyl (C=O) groups is 1. The standard InChI is InChI=1S/C16H22N2O/c1-4-16(19)13-5-7-15(8-6-13)18-11-9-14(10-12-18)17(2)3/h4-8,14H,1,9-12H2,2-3H3. The summed E-state index contributed by atoms with van der Waals surface area (Å²) < 4.78 is 0. The third-order valence-corrected chi connectivity index (χ3v) is 3.90. The smallest absolute Gasteiger partial charge is 0.185 e. The molecule has 1 aliphatic heterocycles. The fraction of sp³-hybridized carbons (Fsp3) is 0.438. The summed E-state index contributed by atoms with van der Waals surface area (Å²) in [5.74, 6) is -0.0159. The Labute approximate surface area is 115 Å². The largest absolute Gasteiger partial charge is 0.371 e. The van der Waals surface area contributed by atoms with Gasteiger partial charge in [0.2, 0.25) is 0 Å². The van der Waals surface area contributed by atoms with Crippen molar-refractivity contribution in [2.75, 3.05) is 32.1 Å². The van der Waals surface area contributed by atoms with E-state index >= 15 is 0 Å². The van der Waals surface area contributed by atoms with Crippen molar-refractivity contribution in [2.24, 2.45) is 0 Å². The van der Waals surface area contributed by atoms with Crippen LogP contribution in [0.15, 0.2) is 36.9 Å². The van der Waals surface area contributed by atoms with Crippen LogP contribution in [0.2, 0.25) is 0 Å². The molecule has 0 spiro atoms. The van der Waals surface area contributed by atoms with Gasteiger partial charge in [0.15, 0.2) is 5.78 Å². The lowest BCUT2D eigenvalue weighted by Crippen LogP contribution is -2.41. The minimum Gasteiger partial charge on any atom is -0.371 e. The Balaban J connectivity index is 2.00. The van der Waals surface area contributed by atoms with Crippen molar-refractivity contribution in [3.8, 4) is 0 Å². The van der Waals surface area contributed by atoms with Crippen LogP contribution in [-0.4, -0.2) is 43.9 Å². The summed E-state index contributed by atoms with van der Waals surface area (Å²) >= 11 is 0. The zero-order valence-electron chi connectivity index (χ0n) is 11.8. The van der Waals surface area contributed by atoms with Crippen molar-refractivity contribution in [3.63, 3.8) is 0 Å². The second kappa shape index (κ2) is 6.02. The lowest BCUT2D eigenvalue weighted by atomic mass is 10.0. The Hall–Kier alpha value is -1.61. The summed E-state index contributed by atoms with van der Waals surface area (Å²) in [6, 6.07) is 8.53. The molecule has 1 aromatic rings. The molecule has 0 saturated carbocycles. The van der Waals surface area contributed by atoms with E-state index < -0.39 is 0 Å². The number of hydrogen-bond donors (Lipinski definition) is 0. The fourth-order valence-electron chi connectivity index (χ4n) is 2.59. The van der Waals surface area contributed by atoms with Gasteiger partial charge < -0.3 is 9.80 Å². The van der Waals surface area contributed by atoms with Gasteiger partial charge in [-0.05, 0) is 57.3 Å². The van der Waals surface area contributed by atoms with E-state index in [0.29, 0.717) is 11.6 Å². The first kappa shape index (κ1) is 13.8. The van der Waals surface area contributed by atoms with Crippen LogP contribution in [0.25, 0.3) is 0 Å². The third kappa shape index (κ3) is 3.24. The summed E-state index contributed by atoms with van der Waals surface area (Å²) in [6.45, 7) is 5.67. The fourth-order valence-corrected chi connectivity index (χ4v) is 2.59. The number of nitrogens with zero attached hydrogens (tertiary/aromatic N) is 2. The van der Waals surface area contributed by atoms with Gasteiger partial charge in [-0.2, -0.15) is 0 Å². The van der Waals surface area contributed by atoms with Crippen LogP contribution in [0.1, 0.15) is 23.2 Å². The number of hydrogen-bond acceptors (Lipinski definition) is 3. The quantitative estimate of drug-likeness (QED) is 0.612. The molecule has 0 N–H and O–H groups in total. The van der Waals surface area contributed by atoms with E-state index in [2.05, 4.69) is 30.5 Å². The molecule has 0 radical (unpaired) electrons. The van der Waals surface area contributed by atoms with E-state index in [1.54, 1.807) is 0 Å². The molecule has 3 nitrogen and oxygen atoms in total. The van der Waals surface area contributed by atoms with Crippen LogP contribution in [0.3, 0.4) is 0 Å². The first-order chi connectivity index (χ1) is 9.11. The van der Waals surface area contributed by atoms with Gasteiger partial charge >= 0.3 is 0 Å². The van der Waals surface area contributed by atoms with E-state index in [0.717, 1.165) is 13.1 Å². The SMILES string of the molecule is C=CC(=O)c1ccc(N2CCC(N(C)C)CC2)cc1. The zero-order chi connectivity index (χ0) is 13.8. The number of piperidine rings is 1. The predicted molar refractivity (Wildman–Crippen MR) is 79.9 cm³/mol. The summed E-state index contributed by atoms with van der Waals surface area (Å²) in [4.78, 5) is 16.2. The summed E-state index contributed by atoms with van der Waals surface area (Å²) in [7, 11) is 4.30. The van der Waals surface area contributed by atoms with Crippen LogP contribution in [0, 0.1) is 0 Å². The highest BCUT2D eigenvalue weighted by molar-refractivity contribution is 6.04. The maximum absolute atomic E-state index is 11.5. The highest BCUT2D eigenvalue weighted by Crippen LogP contribution is 2.22. The number of benzene rings is 1. The molecule has 0 bridgehead atoms. The topological polar surface area (TPSA) is 23.6 Å².